The Bertz CT molecular complexity index is 327. The van der Waals surface area contributed by atoms with Crippen molar-refractivity contribution in [3.63, 3.8) is 0 Å². The van der Waals surface area contributed by atoms with Crippen molar-refractivity contribution in [2.24, 2.45) is 11.3 Å². The molecular weight excluding hydrogens is 176 g/mol. The first-order valence-electron chi connectivity index (χ1n) is 5.32. The van der Waals surface area contributed by atoms with Crippen LogP contribution in [-0.2, 0) is 9.59 Å². The highest BCUT2D eigenvalue weighted by atomic mass is 16.1. The van der Waals surface area contributed by atoms with Crippen molar-refractivity contribution < 1.29 is 9.59 Å². The number of hydrogen-bond acceptors (Lipinski definition) is 2. The fourth-order valence-electron chi connectivity index (χ4n) is 2.71. The molecule has 0 amide bonds. The molecule has 0 aromatic rings. The quantitative estimate of drug-likeness (QED) is 0.590. The van der Waals surface area contributed by atoms with Crippen LogP contribution < -0.4 is 0 Å². The minimum Gasteiger partial charge on any atom is -0.299 e. The first-order chi connectivity index (χ1) is 6.55. The summed E-state index contributed by atoms with van der Waals surface area (Å²) in [6, 6.07) is 0. The van der Waals surface area contributed by atoms with E-state index in [4.69, 9.17) is 0 Å². The Labute approximate surface area is 84.4 Å². The van der Waals surface area contributed by atoms with Gasteiger partial charge in [-0.25, -0.2) is 0 Å². The van der Waals surface area contributed by atoms with Crippen LogP contribution in [0.5, 0.6) is 0 Å². The zero-order valence-corrected chi connectivity index (χ0v) is 8.80. The number of rotatable bonds is 0. The van der Waals surface area contributed by atoms with Crippen LogP contribution in [-0.4, -0.2) is 11.6 Å². The summed E-state index contributed by atoms with van der Waals surface area (Å²) < 4.78 is 0. The van der Waals surface area contributed by atoms with E-state index in [0.29, 0.717) is 18.6 Å². The normalized spacial score (nSPS) is 37.9. The van der Waals surface area contributed by atoms with Crippen molar-refractivity contribution in [3.8, 4) is 0 Å². The lowest BCUT2D eigenvalue weighted by atomic mass is 9.60. The lowest BCUT2D eigenvalue weighted by molar-refractivity contribution is -0.131. The lowest BCUT2D eigenvalue weighted by Crippen LogP contribution is -2.42. The average molecular weight is 192 g/mol. The maximum atomic E-state index is 11.9. The molecule has 0 saturated heterocycles. The molecule has 0 unspecified atom stereocenters. The Hall–Kier alpha value is -0.920. The highest BCUT2D eigenvalue weighted by Crippen LogP contribution is 2.47. The van der Waals surface area contributed by atoms with Crippen LogP contribution in [0.4, 0.5) is 0 Å². The molecule has 0 aliphatic heterocycles. The van der Waals surface area contributed by atoms with E-state index in [9.17, 15) is 9.59 Å². The van der Waals surface area contributed by atoms with E-state index in [1.807, 2.05) is 13.8 Å². The van der Waals surface area contributed by atoms with Gasteiger partial charge in [0.15, 0.2) is 5.78 Å². The van der Waals surface area contributed by atoms with Crippen LogP contribution in [0.25, 0.3) is 0 Å². The molecule has 1 saturated carbocycles. The Kier molecular flexibility index (Phi) is 2.09. The van der Waals surface area contributed by atoms with Gasteiger partial charge in [-0.3, -0.25) is 9.59 Å². The topological polar surface area (TPSA) is 34.1 Å². The molecule has 0 aromatic carbocycles. The lowest BCUT2D eigenvalue weighted by Gasteiger charge is -2.42. The van der Waals surface area contributed by atoms with Gasteiger partial charge in [-0.05, 0) is 31.8 Å². The van der Waals surface area contributed by atoms with Gasteiger partial charge in [0.05, 0.1) is 5.41 Å². The SMILES string of the molecule is C[C@@H]1CC(=O)C=C2CCCC(=O)[C@]21C. The van der Waals surface area contributed by atoms with E-state index < -0.39 is 0 Å². The summed E-state index contributed by atoms with van der Waals surface area (Å²) in [5.41, 5.74) is 0.754. The summed E-state index contributed by atoms with van der Waals surface area (Å²) in [5, 5.41) is 0. The van der Waals surface area contributed by atoms with Gasteiger partial charge in [0.2, 0.25) is 0 Å². The fraction of sp³-hybridized carbons (Fsp3) is 0.667. The van der Waals surface area contributed by atoms with Crippen LogP contribution >= 0.6 is 0 Å². The number of Topliss-reactive ketones (excluding diaryl/α,β-unsaturated/α-hetero) is 1. The molecule has 2 aliphatic rings. The van der Waals surface area contributed by atoms with Crippen molar-refractivity contribution in [3.05, 3.63) is 11.6 Å². The molecule has 0 aromatic heterocycles. The number of allylic oxidation sites excluding steroid dienone is 2. The van der Waals surface area contributed by atoms with Crippen LogP contribution in [0.1, 0.15) is 39.5 Å². The molecule has 2 heteroatoms. The molecule has 2 atom stereocenters. The van der Waals surface area contributed by atoms with Gasteiger partial charge in [0.25, 0.3) is 0 Å². The van der Waals surface area contributed by atoms with Gasteiger partial charge < -0.3 is 0 Å². The van der Waals surface area contributed by atoms with Gasteiger partial charge >= 0.3 is 0 Å². The summed E-state index contributed by atoms with van der Waals surface area (Å²) in [6.45, 7) is 4.03. The fourth-order valence-corrected chi connectivity index (χ4v) is 2.71. The van der Waals surface area contributed by atoms with E-state index in [1.165, 1.54) is 0 Å². The third-order valence-electron chi connectivity index (χ3n) is 3.92. The number of ketones is 2. The first-order valence-corrected chi connectivity index (χ1v) is 5.32. The van der Waals surface area contributed by atoms with Crippen molar-refractivity contribution in [1.82, 2.24) is 0 Å². The Morgan fingerprint density at radius 3 is 2.79 bits per heavy atom. The first kappa shape index (κ1) is 9.63. The molecule has 76 valence electrons. The molecule has 1 fully saturated rings. The molecule has 0 spiro atoms. The van der Waals surface area contributed by atoms with Crippen LogP contribution in [0.15, 0.2) is 11.6 Å². The third kappa shape index (κ3) is 1.17. The smallest absolute Gasteiger partial charge is 0.155 e. The number of fused-ring (bicyclic) bond motifs is 1. The van der Waals surface area contributed by atoms with Crippen molar-refractivity contribution in [2.75, 3.05) is 0 Å². The van der Waals surface area contributed by atoms with Crippen LogP contribution in [0.2, 0.25) is 0 Å². The average Bonchev–Trinajstić information content (AvgIpc) is 2.11. The van der Waals surface area contributed by atoms with E-state index in [-0.39, 0.29) is 17.1 Å². The maximum Gasteiger partial charge on any atom is 0.155 e. The minimum atomic E-state index is -0.327. The standard InChI is InChI=1S/C12H16O2/c1-8-6-10(13)7-9-4-3-5-11(14)12(8,9)2/h7-8H,3-6H2,1-2H3/t8-,12+/m1/s1. The monoisotopic (exact) mass is 192 g/mol. The van der Waals surface area contributed by atoms with Crippen LogP contribution in [0, 0.1) is 11.3 Å². The highest BCUT2D eigenvalue weighted by Gasteiger charge is 2.46. The molecule has 2 aliphatic carbocycles. The predicted octanol–water partition coefficient (Wildman–Crippen LogP) is 2.28. The van der Waals surface area contributed by atoms with Gasteiger partial charge in [-0.15, -0.1) is 0 Å². The summed E-state index contributed by atoms with van der Waals surface area (Å²) >= 11 is 0. The molecular formula is C12H16O2. The Morgan fingerprint density at radius 1 is 1.36 bits per heavy atom. The second-order valence-corrected chi connectivity index (χ2v) is 4.72. The van der Waals surface area contributed by atoms with E-state index in [1.54, 1.807) is 6.08 Å². The summed E-state index contributed by atoms with van der Waals surface area (Å²) in [6.07, 6.45) is 4.79. The third-order valence-corrected chi connectivity index (χ3v) is 3.92. The second kappa shape index (κ2) is 3.04. The number of carbonyl (C=O) groups is 2. The van der Waals surface area contributed by atoms with Crippen molar-refractivity contribution in [2.45, 2.75) is 39.5 Å². The van der Waals surface area contributed by atoms with Crippen LogP contribution in [0.3, 0.4) is 0 Å². The maximum absolute atomic E-state index is 11.9. The molecule has 14 heavy (non-hydrogen) atoms. The number of carbonyl (C=O) groups excluding carboxylic acids is 2. The molecule has 2 nitrogen and oxygen atoms in total. The van der Waals surface area contributed by atoms with Crippen molar-refractivity contribution in [1.29, 1.82) is 0 Å². The van der Waals surface area contributed by atoms with Gasteiger partial charge in [-0.2, -0.15) is 0 Å². The second-order valence-electron chi connectivity index (χ2n) is 4.72. The highest BCUT2D eigenvalue weighted by molar-refractivity contribution is 5.98. The van der Waals surface area contributed by atoms with Crippen molar-refractivity contribution >= 4 is 11.6 Å². The Balaban J connectivity index is 2.46. The van der Waals surface area contributed by atoms with Gasteiger partial charge in [-0.1, -0.05) is 12.5 Å². The molecule has 0 heterocycles. The van der Waals surface area contributed by atoms with E-state index in [0.717, 1.165) is 18.4 Å². The number of hydrogen-bond donors (Lipinski definition) is 0. The molecule has 0 radical (unpaired) electrons. The zero-order chi connectivity index (χ0) is 10.3. The van der Waals surface area contributed by atoms with E-state index in [2.05, 4.69) is 0 Å². The summed E-state index contributed by atoms with van der Waals surface area (Å²) in [7, 11) is 0. The van der Waals surface area contributed by atoms with Gasteiger partial charge in [0.1, 0.15) is 5.78 Å². The molecule has 0 N–H and O–H groups in total. The summed E-state index contributed by atoms with van der Waals surface area (Å²) in [5.74, 6) is 0.706. The summed E-state index contributed by atoms with van der Waals surface area (Å²) in [4.78, 5) is 23.3. The van der Waals surface area contributed by atoms with E-state index >= 15 is 0 Å². The largest absolute Gasteiger partial charge is 0.299 e. The van der Waals surface area contributed by atoms with Gasteiger partial charge in [0, 0.05) is 12.8 Å². The molecule has 2 rings (SSSR count). The predicted molar refractivity (Wildman–Crippen MR) is 53.8 cm³/mol. The Morgan fingerprint density at radius 2 is 2.07 bits per heavy atom. The minimum absolute atomic E-state index is 0.183. The zero-order valence-electron chi connectivity index (χ0n) is 8.80. The molecule has 0 bridgehead atoms.